The van der Waals surface area contributed by atoms with Crippen LogP contribution in [-0.2, 0) is 9.84 Å². The van der Waals surface area contributed by atoms with Gasteiger partial charge in [0.2, 0.25) is 0 Å². The van der Waals surface area contributed by atoms with E-state index in [0.29, 0.717) is 6.42 Å². The summed E-state index contributed by atoms with van der Waals surface area (Å²) in [5.74, 6) is 1.20. The monoisotopic (exact) mass is 312 g/mol. The maximum atomic E-state index is 11.8. The lowest BCUT2D eigenvalue weighted by atomic mass is 10.1. The predicted molar refractivity (Wildman–Crippen MR) is 81.0 cm³/mol. The molecule has 0 radical (unpaired) electrons. The van der Waals surface area contributed by atoms with Crippen molar-refractivity contribution in [1.82, 2.24) is 9.55 Å². The third kappa shape index (κ3) is 2.23. The smallest absolute Gasteiger partial charge is 0.152 e. The summed E-state index contributed by atoms with van der Waals surface area (Å²) < 4.78 is 25.6. The van der Waals surface area contributed by atoms with Crippen LogP contribution in [0, 0.1) is 6.92 Å². The van der Waals surface area contributed by atoms with E-state index in [1.54, 1.807) is 0 Å². The van der Waals surface area contributed by atoms with E-state index in [2.05, 4.69) is 4.98 Å². The number of alkyl halides is 1. The SMILES string of the molecule is Cc1cccc2nc(C(C)Cl)n(C3CCS(=O)(=O)C3)c12. The van der Waals surface area contributed by atoms with Crippen LogP contribution >= 0.6 is 11.6 Å². The Morgan fingerprint density at radius 1 is 1.45 bits per heavy atom. The first-order valence-electron chi connectivity index (χ1n) is 6.71. The number of imidazole rings is 1. The maximum Gasteiger partial charge on any atom is 0.152 e. The van der Waals surface area contributed by atoms with Crippen LogP contribution in [0.1, 0.15) is 36.2 Å². The van der Waals surface area contributed by atoms with Gasteiger partial charge < -0.3 is 4.57 Å². The molecular formula is C14H17ClN2O2S. The molecule has 1 aromatic heterocycles. The Hall–Kier alpha value is -1.07. The van der Waals surface area contributed by atoms with Gasteiger partial charge in [-0.25, -0.2) is 13.4 Å². The minimum atomic E-state index is -2.94. The molecule has 3 rings (SSSR count). The van der Waals surface area contributed by atoms with Crippen molar-refractivity contribution in [3.05, 3.63) is 29.6 Å². The number of hydrogen-bond acceptors (Lipinski definition) is 3. The molecule has 4 nitrogen and oxygen atoms in total. The van der Waals surface area contributed by atoms with Crippen molar-refractivity contribution in [1.29, 1.82) is 0 Å². The van der Waals surface area contributed by atoms with Gasteiger partial charge in [-0.2, -0.15) is 0 Å². The van der Waals surface area contributed by atoms with Crippen LogP contribution in [0.25, 0.3) is 11.0 Å². The number of fused-ring (bicyclic) bond motifs is 1. The Morgan fingerprint density at radius 3 is 2.80 bits per heavy atom. The molecule has 0 bridgehead atoms. The van der Waals surface area contributed by atoms with Gasteiger partial charge in [0.25, 0.3) is 0 Å². The number of halogens is 1. The number of sulfone groups is 1. The van der Waals surface area contributed by atoms with Crippen LogP contribution in [0.5, 0.6) is 0 Å². The van der Waals surface area contributed by atoms with Crippen LogP contribution < -0.4 is 0 Å². The summed E-state index contributed by atoms with van der Waals surface area (Å²) in [4.78, 5) is 4.60. The molecule has 0 aliphatic carbocycles. The topological polar surface area (TPSA) is 52.0 Å². The molecule has 0 amide bonds. The van der Waals surface area contributed by atoms with Gasteiger partial charge in [-0.1, -0.05) is 12.1 Å². The summed E-state index contributed by atoms with van der Waals surface area (Å²) in [7, 11) is -2.94. The number of aromatic nitrogens is 2. The minimum absolute atomic E-state index is 0.0534. The molecule has 0 N–H and O–H groups in total. The molecule has 1 fully saturated rings. The molecule has 2 unspecified atom stereocenters. The van der Waals surface area contributed by atoms with Crippen LogP contribution in [-0.4, -0.2) is 29.5 Å². The normalized spacial score (nSPS) is 23.2. The summed E-state index contributed by atoms with van der Waals surface area (Å²) in [5, 5.41) is -0.245. The van der Waals surface area contributed by atoms with Gasteiger partial charge >= 0.3 is 0 Å². The van der Waals surface area contributed by atoms with Crippen LogP contribution in [0.4, 0.5) is 0 Å². The summed E-state index contributed by atoms with van der Waals surface area (Å²) in [6, 6.07) is 5.88. The molecule has 2 heterocycles. The molecule has 108 valence electrons. The van der Waals surface area contributed by atoms with Crippen molar-refractivity contribution in [3.63, 3.8) is 0 Å². The second kappa shape index (κ2) is 4.74. The zero-order valence-corrected chi connectivity index (χ0v) is 13.1. The van der Waals surface area contributed by atoms with E-state index in [1.807, 2.05) is 36.6 Å². The highest BCUT2D eigenvalue weighted by Crippen LogP contribution is 2.34. The minimum Gasteiger partial charge on any atom is -0.322 e. The lowest BCUT2D eigenvalue weighted by Crippen LogP contribution is -2.14. The van der Waals surface area contributed by atoms with Crippen molar-refractivity contribution >= 4 is 32.5 Å². The number of aryl methyl sites for hydroxylation is 1. The van der Waals surface area contributed by atoms with Gasteiger partial charge in [0.15, 0.2) is 9.84 Å². The molecule has 1 saturated heterocycles. The molecular weight excluding hydrogens is 296 g/mol. The van der Waals surface area contributed by atoms with Gasteiger partial charge in [-0.05, 0) is 31.9 Å². The molecule has 2 aromatic rings. The van der Waals surface area contributed by atoms with E-state index < -0.39 is 9.84 Å². The van der Waals surface area contributed by atoms with E-state index in [0.717, 1.165) is 22.4 Å². The van der Waals surface area contributed by atoms with Crippen molar-refractivity contribution < 1.29 is 8.42 Å². The number of benzene rings is 1. The third-order valence-corrected chi connectivity index (χ3v) is 5.81. The van der Waals surface area contributed by atoms with Crippen molar-refractivity contribution in [2.75, 3.05) is 11.5 Å². The molecule has 2 atom stereocenters. The molecule has 0 spiro atoms. The van der Waals surface area contributed by atoms with Crippen molar-refractivity contribution in [2.24, 2.45) is 0 Å². The van der Waals surface area contributed by atoms with E-state index in [1.165, 1.54) is 0 Å². The Balaban J connectivity index is 2.24. The first-order valence-corrected chi connectivity index (χ1v) is 8.97. The first kappa shape index (κ1) is 13.9. The Bertz CT molecular complexity index is 765. The summed E-state index contributed by atoms with van der Waals surface area (Å²) in [6.45, 7) is 3.89. The fourth-order valence-corrected chi connectivity index (χ4v) is 4.82. The highest BCUT2D eigenvalue weighted by molar-refractivity contribution is 7.91. The molecule has 0 saturated carbocycles. The highest BCUT2D eigenvalue weighted by atomic mass is 35.5. The third-order valence-electron chi connectivity index (χ3n) is 3.87. The lowest BCUT2D eigenvalue weighted by Gasteiger charge is -2.17. The van der Waals surface area contributed by atoms with Crippen LogP contribution in [0.2, 0.25) is 0 Å². The van der Waals surface area contributed by atoms with Gasteiger partial charge in [-0.3, -0.25) is 0 Å². The predicted octanol–water partition coefficient (Wildman–Crippen LogP) is 3.00. The standard InChI is InChI=1S/C14H17ClN2O2S/c1-9-4-3-5-12-13(9)17(14(16-12)10(2)15)11-6-7-20(18,19)8-11/h3-5,10-11H,6-8H2,1-2H3. The van der Waals surface area contributed by atoms with Gasteiger partial charge in [0.05, 0.1) is 34.0 Å². The molecule has 1 aliphatic rings. The fraction of sp³-hybridized carbons (Fsp3) is 0.500. The van der Waals surface area contributed by atoms with Gasteiger partial charge in [0.1, 0.15) is 5.82 Å². The van der Waals surface area contributed by atoms with Crippen LogP contribution in [0.3, 0.4) is 0 Å². The average molecular weight is 313 g/mol. The summed E-state index contributed by atoms with van der Waals surface area (Å²) in [5.41, 5.74) is 3.00. The number of nitrogens with zero attached hydrogens (tertiary/aromatic N) is 2. The lowest BCUT2D eigenvalue weighted by molar-refractivity contribution is 0.544. The fourth-order valence-electron chi connectivity index (χ4n) is 2.97. The van der Waals surface area contributed by atoms with Crippen molar-refractivity contribution in [3.8, 4) is 0 Å². The Kier molecular flexibility index (Phi) is 3.29. The zero-order valence-electron chi connectivity index (χ0n) is 11.5. The number of para-hydroxylation sites is 1. The van der Waals surface area contributed by atoms with Crippen LogP contribution in [0.15, 0.2) is 18.2 Å². The molecule has 1 aliphatic heterocycles. The van der Waals surface area contributed by atoms with Crippen molar-refractivity contribution in [2.45, 2.75) is 31.7 Å². The van der Waals surface area contributed by atoms with E-state index in [4.69, 9.17) is 11.6 Å². The molecule has 1 aromatic carbocycles. The summed E-state index contributed by atoms with van der Waals surface area (Å²) in [6.07, 6.45) is 0.638. The highest BCUT2D eigenvalue weighted by Gasteiger charge is 2.32. The zero-order chi connectivity index (χ0) is 14.5. The second-order valence-electron chi connectivity index (χ2n) is 5.46. The molecule has 6 heteroatoms. The van der Waals surface area contributed by atoms with Gasteiger partial charge in [0, 0.05) is 0 Å². The van der Waals surface area contributed by atoms with E-state index in [-0.39, 0.29) is 22.9 Å². The van der Waals surface area contributed by atoms with E-state index >= 15 is 0 Å². The quantitative estimate of drug-likeness (QED) is 0.801. The Labute approximate surface area is 123 Å². The maximum absolute atomic E-state index is 11.8. The summed E-state index contributed by atoms with van der Waals surface area (Å²) >= 11 is 6.25. The van der Waals surface area contributed by atoms with Gasteiger partial charge in [-0.15, -0.1) is 11.6 Å². The number of rotatable bonds is 2. The molecule has 20 heavy (non-hydrogen) atoms. The van der Waals surface area contributed by atoms with E-state index in [9.17, 15) is 8.42 Å². The average Bonchev–Trinajstić information content (AvgIpc) is 2.90. The Morgan fingerprint density at radius 2 is 2.20 bits per heavy atom. The largest absolute Gasteiger partial charge is 0.322 e. The first-order chi connectivity index (χ1) is 9.39. The number of hydrogen-bond donors (Lipinski definition) is 0. The second-order valence-corrected chi connectivity index (χ2v) is 8.34.